The lowest BCUT2D eigenvalue weighted by atomic mass is 10.00. The maximum atomic E-state index is 13.9. The maximum Gasteiger partial charge on any atom is 0.185 e. The van der Waals surface area contributed by atoms with Gasteiger partial charge in [0.05, 0.1) is 5.71 Å². The van der Waals surface area contributed by atoms with Crippen molar-refractivity contribution in [2.24, 2.45) is 10.3 Å². The van der Waals surface area contributed by atoms with Gasteiger partial charge in [0.15, 0.2) is 26.6 Å². The van der Waals surface area contributed by atoms with Crippen LogP contribution in [0, 0.1) is 0 Å². The van der Waals surface area contributed by atoms with Gasteiger partial charge >= 0.3 is 0 Å². The number of benzene rings is 3. The third kappa shape index (κ3) is 3.61. The Balaban J connectivity index is 1.50. The Morgan fingerprint density at radius 3 is 2.03 bits per heavy atom. The first-order valence-electron chi connectivity index (χ1n) is 10.1. The first-order chi connectivity index (χ1) is 15.1. The Bertz CT molecular complexity index is 1230. The first-order valence-corrected chi connectivity index (χ1v) is 11.7. The molecule has 0 aromatic heterocycles. The zero-order chi connectivity index (χ0) is 21.3. The number of oxime groups is 1. The second-order valence-corrected chi connectivity index (χ2v) is 9.79. The molecule has 3 aromatic carbocycles. The van der Waals surface area contributed by atoms with E-state index in [4.69, 9.17) is 4.84 Å². The number of nitrogens with zero attached hydrogens (tertiary/aromatic N) is 2. The standard InChI is InChI=1S/C24H21N3O3S/c28-31(29,21-16-20(25-26-21)17-10-4-1-5-11-17)24-22(18-12-6-2-7-13-18)27-30-23(24)19-14-8-3-9-15-19/h1-15,21,23-24,26H,16H2. The monoisotopic (exact) mass is 431 g/mol. The van der Waals surface area contributed by atoms with Gasteiger partial charge in [-0.2, -0.15) is 5.10 Å². The van der Waals surface area contributed by atoms with Gasteiger partial charge < -0.3 is 4.84 Å². The van der Waals surface area contributed by atoms with E-state index in [9.17, 15) is 8.42 Å². The van der Waals surface area contributed by atoms with Crippen molar-refractivity contribution in [1.29, 1.82) is 0 Å². The van der Waals surface area contributed by atoms with Gasteiger partial charge in [0.2, 0.25) is 0 Å². The van der Waals surface area contributed by atoms with E-state index in [0.29, 0.717) is 5.71 Å². The van der Waals surface area contributed by atoms with Crippen LogP contribution in [0.2, 0.25) is 0 Å². The van der Waals surface area contributed by atoms with Crippen molar-refractivity contribution in [3.05, 3.63) is 108 Å². The van der Waals surface area contributed by atoms with Gasteiger partial charge in [0, 0.05) is 12.0 Å². The summed E-state index contributed by atoms with van der Waals surface area (Å²) in [6.07, 6.45) is -0.434. The molecule has 3 aromatic rings. The van der Waals surface area contributed by atoms with Crippen molar-refractivity contribution in [3.8, 4) is 0 Å². The van der Waals surface area contributed by atoms with E-state index in [1.54, 1.807) is 0 Å². The number of hydrazone groups is 1. The molecule has 2 aliphatic rings. The summed E-state index contributed by atoms with van der Waals surface area (Å²) in [5.74, 6) is 0. The summed E-state index contributed by atoms with van der Waals surface area (Å²) in [7, 11) is -3.76. The summed E-state index contributed by atoms with van der Waals surface area (Å²) in [4.78, 5) is 5.72. The Morgan fingerprint density at radius 1 is 0.806 bits per heavy atom. The number of hydrogen-bond acceptors (Lipinski definition) is 6. The van der Waals surface area contributed by atoms with E-state index in [1.807, 2.05) is 91.0 Å². The van der Waals surface area contributed by atoms with Crippen molar-refractivity contribution in [2.75, 3.05) is 0 Å². The van der Waals surface area contributed by atoms with E-state index in [0.717, 1.165) is 22.4 Å². The first kappa shape index (κ1) is 19.5. The molecule has 5 rings (SSSR count). The number of nitrogens with one attached hydrogen (secondary N) is 1. The van der Waals surface area contributed by atoms with Crippen LogP contribution in [0.4, 0.5) is 0 Å². The maximum absolute atomic E-state index is 13.9. The van der Waals surface area contributed by atoms with Crippen LogP contribution in [0.25, 0.3) is 0 Å². The lowest BCUT2D eigenvalue weighted by molar-refractivity contribution is 0.0869. The highest BCUT2D eigenvalue weighted by atomic mass is 32.2. The quantitative estimate of drug-likeness (QED) is 0.668. The third-order valence-corrected chi connectivity index (χ3v) is 7.83. The van der Waals surface area contributed by atoms with Crippen LogP contribution in [-0.2, 0) is 14.7 Å². The Labute approximate surface area is 181 Å². The fourth-order valence-electron chi connectivity index (χ4n) is 3.99. The number of sulfone groups is 1. The zero-order valence-electron chi connectivity index (χ0n) is 16.6. The molecule has 0 amide bonds. The van der Waals surface area contributed by atoms with Crippen LogP contribution in [0.5, 0.6) is 0 Å². The molecule has 156 valence electrons. The number of hydrogen-bond donors (Lipinski definition) is 1. The van der Waals surface area contributed by atoms with Gasteiger partial charge in [-0.1, -0.05) is 96.2 Å². The van der Waals surface area contributed by atoms with Crippen LogP contribution in [0.15, 0.2) is 101 Å². The highest BCUT2D eigenvalue weighted by Crippen LogP contribution is 2.37. The molecule has 0 aliphatic carbocycles. The van der Waals surface area contributed by atoms with Crippen molar-refractivity contribution < 1.29 is 13.3 Å². The van der Waals surface area contributed by atoms with Crippen LogP contribution < -0.4 is 5.43 Å². The summed E-state index contributed by atoms with van der Waals surface area (Å²) < 4.78 is 27.8. The molecule has 2 heterocycles. The van der Waals surface area contributed by atoms with E-state index >= 15 is 0 Å². The van der Waals surface area contributed by atoms with Crippen LogP contribution in [0.1, 0.15) is 29.2 Å². The molecule has 0 saturated carbocycles. The predicted octanol–water partition coefficient (Wildman–Crippen LogP) is 3.67. The van der Waals surface area contributed by atoms with Gasteiger partial charge in [-0.05, 0) is 11.1 Å². The molecule has 7 heteroatoms. The third-order valence-electron chi connectivity index (χ3n) is 5.59. The van der Waals surface area contributed by atoms with E-state index in [1.165, 1.54) is 0 Å². The average Bonchev–Trinajstić information content (AvgIpc) is 3.50. The van der Waals surface area contributed by atoms with Crippen molar-refractivity contribution >= 4 is 21.3 Å². The minimum Gasteiger partial charge on any atom is -0.385 e. The van der Waals surface area contributed by atoms with Gasteiger partial charge in [-0.15, -0.1) is 0 Å². The SMILES string of the molecule is O=S(=O)(C1CC(c2ccccc2)=NN1)C1C(c2ccccc2)=NOC1c1ccccc1. The minimum absolute atomic E-state index is 0.284. The normalized spacial score (nSPS) is 22.9. The van der Waals surface area contributed by atoms with Crippen molar-refractivity contribution in [1.82, 2.24) is 5.43 Å². The molecule has 31 heavy (non-hydrogen) atoms. The molecule has 0 spiro atoms. The summed E-state index contributed by atoms with van der Waals surface area (Å²) in [5.41, 5.74) is 6.41. The Morgan fingerprint density at radius 2 is 1.39 bits per heavy atom. The van der Waals surface area contributed by atoms with Gasteiger partial charge in [0.1, 0.15) is 5.71 Å². The minimum atomic E-state index is -3.76. The summed E-state index contributed by atoms with van der Waals surface area (Å²) in [6, 6.07) is 28.3. The molecule has 0 saturated heterocycles. The molecule has 2 aliphatic heterocycles. The van der Waals surface area contributed by atoms with E-state index < -0.39 is 26.6 Å². The average molecular weight is 432 g/mol. The Hall–Kier alpha value is -3.45. The molecule has 6 nitrogen and oxygen atoms in total. The molecule has 3 atom stereocenters. The fourth-order valence-corrected chi connectivity index (χ4v) is 5.98. The highest BCUT2D eigenvalue weighted by Gasteiger charge is 2.49. The largest absolute Gasteiger partial charge is 0.385 e. The zero-order valence-corrected chi connectivity index (χ0v) is 17.4. The molecule has 1 N–H and O–H groups in total. The molecule has 0 radical (unpaired) electrons. The van der Waals surface area contributed by atoms with Gasteiger partial charge in [0.25, 0.3) is 0 Å². The lowest BCUT2D eigenvalue weighted by Gasteiger charge is -2.23. The Kier molecular flexibility index (Phi) is 5.03. The molecular weight excluding hydrogens is 410 g/mol. The smallest absolute Gasteiger partial charge is 0.185 e. The summed E-state index contributed by atoms with van der Waals surface area (Å²) in [5, 5.41) is 6.76. The van der Waals surface area contributed by atoms with Gasteiger partial charge in [-0.3, -0.25) is 5.43 Å². The molecule has 3 unspecified atom stereocenters. The highest BCUT2D eigenvalue weighted by molar-refractivity contribution is 7.93. The second-order valence-electron chi connectivity index (χ2n) is 7.54. The molecule has 0 bridgehead atoms. The van der Waals surface area contributed by atoms with Crippen molar-refractivity contribution in [2.45, 2.75) is 23.1 Å². The number of rotatable bonds is 5. The summed E-state index contributed by atoms with van der Waals surface area (Å²) >= 11 is 0. The van der Waals surface area contributed by atoms with Crippen LogP contribution in [0.3, 0.4) is 0 Å². The van der Waals surface area contributed by atoms with E-state index in [-0.39, 0.29) is 6.42 Å². The topological polar surface area (TPSA) is 80.1 Å². The second kappa shape index (κ2) is 8.00. The lowest BCUT2D eigenvalue weighted by Crippen LogP contribution is -2.43. The fraction of sp³-hybridized carbons (Fsp3) is 0.167. The van der Waals surface area contributed by atoms with Crippen molar-refractivity contribution in [3.63, 3.8) is 0 Å². The predicted molar refractivity (Wildman–Crippen MR) is 120 cm³/mol. The molecule has 0 fully saturated rings. The summed E-state index contributed by atoms with van der Waals surface area (Å²) in [6.45, 7) is 0. The van der Waals surface area contributed by atoms with E-state index in [2.05, 4.69) is 15.7 Å². The van der Waals surface area contributed by atoms with Crippen LogP contribution in [-0.4, -0.2) is 30.5 Å². The van der Waals surface area contributed by atoms with Gasteiger partial charge in [-0.25, -0.2) is 8.42 Å². The van der Waals surface area contributed by atoms with Crippen LogP contribution >= 0.6 is 0 Å². The molecular formula is C24H21N3O3S.